The van der Waals surface area contributed by atoms with E-state index < -0.39 is 17.9 Å². The van der Waals surface area contributed by atoms with E-state index in [9.17, 15) is 14.7 Å². The number of carbonyl (C=O) groups excluding carboxylic acids is 2. The molecule has 3 aromatic rings. The number of furan rings is 1. The van der Waals surface area contributed by atoms with Crippen LogP contribution in [0.1, 0.15) is 33.5 Å². The number of nitrogens with one attached hydrogen (secondary N) is 2. The van der Waals surface area contributed by atoms with Gasteiger partial charge in [0, 0.05) is 5.56 Å². The Morgan fingerprint density at radius 1 is 1.19 bits per heavy atom. The third-order valence-corrected chi connectivity index (χ3v) is 4.29. The Morgan fingerprint density at radius 2 is 2.00 bits per heavy atom. The van der Waals surface area contributed by atoms with Crippen molar-refractivity contribution in [2.75, 3.05) is 5.32 Å². The topological polar surface area (TPSA) is 111 Å². The Bertz CT molecular complexity index is 934. The Kier molecular flexibility index (Phi) is 4.02. The van der Waals surface area contributed by atoms with E-state index in [1.807, 2.05) is 6.07 Å². The van der Waals surface area contributed by atoms with Crippen LogP contribution in [-0.4, -0.2) is 32.0 Å². The van der Waals surface area contributed by atoms with E-state index in [-0.39, 0.29) is 12.3 Å². The molecule has 1 aliphatic heterocycles. The first-order valence-electron chi connectivity index (χ1n) is 8.06. The second-order valence-corrected chi connectivity index (χ2v) is 5.97. The summed E-state index contributed by atoms with van der Waals surface area (Å²) in [7, 11) is 0. The van der Waals surface area contributed by atoms with Gasteiger partial charge in [0.15, 0.2) is 17.7 Å². The Labute approximate surface area is 148 Å². The first-order chi connectivity index (χ1) is 12.6. The fraction of sp³-hybridized carbons (Fsp3) is 0.167. The maximum Gasteiger partial charge on any atom is 0.292 e. The summed E-state index contributed by atoms with van der Waals surface area (Å²) in [6.45, 7) is 0.546. The van der Waals surface area contributed by atoms with Crippen molar-refractivity contribution >= 4 is 17.6 Å². The number of rotatable bonds is 4. The van der Waals surface area contributed by atoms with E-state index in [2.05, 4.69) is 15.5 Å². The number of aromatic amines is 1. The minimum absolute atomic E-state index is 0.173. The lowest BCUT2D eigenvalue weighted by atomic mass is 10.1. The SMILES string of the molecule is O=C(Nc1n[nH]c2c1CN(C(=O)[C@@H](O)c1ccccc1)C2)c1ccco1. The highest BCUT2D eigenvalue weighted by molar-refractivity contribution is 6.02. The number of aromatic nitrogens is 2. The van der Waals surface area contributed by atoms with Crippen LogP contribution in [0.3, 0.4) is 0 Å². The highest BCUT2D eigenvalue weighted by Crippen LogP contribution is 2.29. The molecule has 8 nitrogen and oxygen atoms in total. The fourth-order valence-corrected chi connectivity index (χ4v) is 2.93. The number of hydrogen-bond donors (Lipinski definition) is 3. The van der Waals surface area contributed by atoms with Crippen LogP contribution in [0.4, 0.5) is 5.82 Å². The van der Waals surface area contributed by atoms with Crippen molar-refractivity contribution in [3.8, 4) is 0 Å². The molecule has 1 atom stereocenters. The van der Waals surface area contributed by atoms with Gasteiger partial charge < -0.3 is 19.7 Å². The molecule has 0 fully saturated rings. The van der Waals surface area contributed by atoms with Crippen LogP contribution in [0.15, 0.2) is 53.1 Å². The summed E-state index contributed by atoms with van der Waals surface area (Å²) in [6, 6.07) is 11.9. The van der Waals surface area contributed by atoms with Crippen molar-refractivity contribution in [3.05, 3.63) is 71.3 Å². The summed E-state index contributed by atoms with van der Waals surface area (Å²) in [6.07, 6.45) is 0.184. The number of benzene rings is 1. The molecule has 1 aromatic carbocycles. The maximum atomic E-state index is 12.6. The molecular formula is C18H16N4O4. The molecule has 8 heteroatoms. The van der Waals surface area contributed by atoms with E-state index in [0.29, 0.717) is 17.9 Å². The summed E-state index contributed by atoms with van der Waals surface area (Å²) >= 11 is 0. The number of hydrogen-bond acceptors (Lipinski definition) is 5. The molecule has 4 rings (SSSR count). The van der Waals surface area contributed by atoms with Gasteiger partial charge in [-0.05, 0) is 17.7 Å². The van der Waals surface area contributed by atoms with Gasteiger partial charge in [-0.1, -0.05) is 30.3 Å². The Hall–Kier alpha value is -3.39. The molecule has 2 amide bonds. The van der Waals surface area contributed by atoms with Gasteiger partial charge in [0.25, 0.3) is 11.8 Å². The number of aliphatic hydroxyl groups excluding tert-OH is 1. The standard InChI is InChI=1S/C18H16N4O4/c23-15(11-5-2-1-3-6-11)18(25)22-9-12-13(10-22)20-21-16(12)19-17(24)14-7-4-8-26-14/h1-8,15,23H,9-10H2,(H2,19,20,21,24)/t15-/m0/s1. The molecule has 0 bridgehead atoms. The number of carbonyl (C=O) groups is 2. The Morgan fingerprint density at radius 3 is 2.73 bits per heavy atom. The molecule has 3 heterocycles. The van der Waals surface area contributed by atoms with Crippen LogP contribution in [0.25, 0.3) is 0 Å². The van der Waals surface area contributed by atoms with Crippen LogP contribution in [0.2, 0.25) is 0 Å². The minimum atomic E-state index is -1.23. The van der Waals surface area contributed by atoms with Crippen LogP contribution in [0, 0.1) is 0 Å². The number of aliphatic hydroxyl groups is 1. The van der Waals surface area contributed by atoms with Gasteiger partial charge in [0.1, 0.15) is 0 Å². The molecule has 0 radical (unpaired) electrons. The third-order valence-electron chi connectivity index (χ3n) is 4.29. The van der Waals surface area contributed by atoms with Gasteiger partial charge in [-0.25, -0.2) is 0 Å². The normalized spacial score (nSPS) is 14.1. The van der Waals surface area contributed by atoms with Gasteiger partial charge >= 0.3 is 0 Å². The number of anilines is 1. The molecule has 132 valence electrons. The van der Waals surface area contributed by atoms with Gasteiger partial charge in [-0.15, -0.1) is 0 Å². The molecule has 26 heavy (non-hydrogen) atoms. The van der Waals surface area contributed by atoms with Crippen LogP contribution in [0.5, 0.6) is 0 Å². The molecular weight excluding hydrogens is 336 g/mol. The van der Waals surface area contributed by atoms with E-state index >= 15 is 0 Å². The van der Waals surface area contributed by atoms with Gasteiger partial charge in [0.05, 0.1) is 25.0 Å². The summed E-state index contributed by atoms with van der Waals surface area (Å²) in [5.74, 6) is -0.291. The van der Waals surface area contributed by atoms with Gasteiger partial charge in [-0.3, -0.25) is 14.7 Å². The highest BCUT2D eigenvalue weighted by Gasteiger charge is 2.32. The smallest absolute Gasteiger partial charge is 0.292 e. The maximum absolute atomic E-state index is 12.6. The van der Waals surface area contributed by atoms with Crippen molar-refractivity contribution in [3.63, 3.8) is 0 Å². The first kappa shape index (κ1) is 16.1. The largest absolute Gasteiger partial charge is 0.459 e. The molecule has 1 aliphatic rings. The van der Waals surface area contributed by atoms with Crippen molar-refractivity contribution in [2.24, 2.45) is 0 Å². The molecule has 0 saturated heterocycles. The lowest BCUT2D eigenvalue weighted by Crippen LogP contribution is -2.31. The summed E-state index contributed by atoms with van der Waals surface area (Å²) < 4.78 is 5.06. The average Bonchev–Trinajstić information content (AvgIpc) is 3.39. The van der Waals surface area contributed by atoms with Crippen molar-refractivity contribution in [2.45, 2.75) is 19.2 Å². The van der Waals surface area contributed by atoms with E-state index in [1.54, 1.807) is 36.4 Å². The third kappa shape index (κ3) is 2.86. The second kappa shape index (κ2) is 6.49. The number of nitrogens with zero attached hydrogens (tertiary/aromatic N) is 2. The summed E-state index contributed by atoms with van der Waals surface area (Å²) in [5.41, 5.74) is 1.99. The monoisotopic (exact) mass is 352 g/mol. The fourth-order valence-electron chi connectivity index (χ4n) is 2.93. The van der Waals surface area contributed by atoms with Gasteiger partial charge in [0.2, 0.25) is 0 Å². The molecule has 0 saturated carbocycles. The molecule has 3 N–H and O–H groups in total. The number of H-pyrrole nitrogens is 1. The van der Waals surface area contributed by atoms with Crippen molar-refractivity contribution in [1.82, 2.24) is 15.1 Å². The Balaban J connectivity index is 1.47. The van der Waals surface area contributed by atoms with Crippen LogP contribution in [-0.2, 0) is 17.9 Å². The summed E-state index contributed by atoms with van der Waals surface area (Å²) in [5, 5.41) is 19.9. The zero-order chi connectivity index (χ0) is 18.1. The lowest BCUT2D eigenvalue weighted by Gasteiger charge is -2.20. The lowest BCUT2D eigenvalue weighted by molar-refractivity contribution is -0.141. The van der Waals surface area contributed by atoms with Crippen molar-refractivity contribution in [1.29, 1.82) is 0 Å². The van der Waals surface area contributed by atoms with E-state index in [0.717, 1.165) is 11.3 Å². The molecule has 0 aliphatic carbocycles. The van der Waals surface area contributed by atoms with Crippen molar-refractivity contribution < 1.29 is 19.1 Å². The van der Waals surface area contributed by atoms with Crippen LogP contribution < -0.4 is 5.32 Å². The first-order valence-corrected chi connectivity index (χ1v) is 8.06. The average molecular weight is 352 g/mol. The zero-order valence-corrected chi connectivity index (χ0v) is 13.7. The second-order valence-electron chi connectivity index (χ2n) is 5.97. The minimum Gasteiger partial charge on any atom is -0.459 e. The van der Waals surface area contributed by atoms with Gasteiger partial charge in [-0.2, -0.15) is 5.10 Å². The quantitative estimate of drug-likeness (QED) is 0.663. The number of amides is 2. The summed E-state index contributed by atoms with van der Waals surface area (Å²) in [4.78, 5) is 26.2. The van der Waals surface area contributed by atoms with E-state index in [1.165, 1.54) is 11.2 Å². The number of fused-ring (bicyclic) bond motifs is 1. The predicted molar refractivity (Wildman–Crippen MR) is 90.9 cm³/mol. The highest BCUT2D eigenvalue weighted by atomic mass is 16.3. The predicted octanol–water partition coefficient (Wildman–Crippen LogP) is 1.83. The van der Waals surface area contributed by atoms with E-state index in [4.69, 9.17) is 4.42 Å². The molecule has 2 aromatic heterocycles. The zero-order valence-electron chi connectivity index (χ0n) is 13.7. The molecule has 0 spiro atoms. The molecule has 0 unspecified atom stereocenters. The van der Waals surface area contributed by atoms with Crippen LogP contribution >= 0.6 is 0 Å².